The van der Waals surface area contributed by atoms with Crippen LogP contribution in [0.25, 0.3) is 0 Å². The van der Waals surface area contributed by atoms with Crippen molar-refractivity contribution in [1.29, 1.82) is 0 Å². The second-order valence-electron chi connectivity index (χ2n) is 5.20. The van der Waals surface area contributed by atoms with E-state index in [4.69, 9.17) is 4.74 Å². The number of hydrogen-bond acceptors (Lipinski definition) is 4. The molecule has 0 radical (unpaired) electrons. The Morgan fingerprint density at radius 3 is 2.95 bits per heavy atom. The summed E-state index contributed by atoms with van der Waals surface area (Å²) < 4.78 is 5.08. The monoisotopic (exact) mass is 278 g/mol. The Morgan fingerprint density at radius 1 is 1.50 bits per heavy atom. The lowest BCUT2D eigenvalue weighted by Gasteiger charge is -2.27. The van der Waals surface area contributed by atoms with Gasteiger partial charge in [0, 0.05) is 13.6 Å². The molecule has 1 atom stereocenters. The highest BCUT2D eigenvalue weighted by Gasteiger charge is 2.23. The fourth-order valence-corrected chi connectivity index (χ4v) is 2.50. The number of hydrogen-bond donors (Lipinski definition) is 2. The van der Waals surface area contributed by atoms with Crippen molar-refractivity contribution in [3.63, 3.8) is 0 Å². The average Bonchev–Trinajstić information content (AvgIpc) is 2.49. The molecule has 5 heteroatoms. The zero-order valence-electron chi connectivity index (χ0n) is 12.1. The highest BCUT2D eigenvalue weighted by molar-refractivity contribution is 5.81. The van der Waals surface area contributed by atoms with Gasteiger partial charge in [0.2, 0.25) is 5.91 Å². The molecule has 1 aromatic rings. The number of nitrogens with zero attached hydrogens (tertiary/aromatic N) is 1. The number of benzene rings is 1. The Kier molecular flexibility index (Phi) is 4.84. The van der Waals surface area contributed by atoms with Crippen molar-refractivity contribution in [2.45, 2.75) is 31.8 Å². The number of likely N-dealkylation sites (N-methyl/N-ethyl adjacent to an activating group) is 1. The Hall–Kier alpha value is -1.75. The molecule has 0 unspecified atom stereocenters. The molecule has 20 heavy (non-hydrogen) atoms. The van der Waals surface area contributed by atoms with Crippen molar-refractivity contribution < 1.29 is 14.6 Å². The number of aromatic hydroxyl groups is 1. The zero-order valence-corrected chi connectivity index (χ0v) is 12.1. The number of amides is 1. The average molecular weight is 278 g/mol. The normalized spacial score (nSPS) is 18.6. The van der Waals surface area contributed by atoms with Crippen LogP contribution in [0.4, 0.5) is 0 Å². The second kappa shape index (κ2) is 6.61. The van der Waals surface area contributed by atoms with Crippen LogP contribution < -0.4 is 10.1 Å². The van der Waals surface area contributed by atoms with Crippen molar-refractivity contribution in [3.8, 4) is 11.5 Å². The first-order valence-electron chi connectivity index (χ1n) is 6.96. The maximum atomic E-state index is 12.3. The largest absolute Gasteiger partial charge is 0.504 e. The fraction of sp³-hybridized carbons (Fsp3) is 0.533. The van der Waals surface area contributed by atoms with Crippen LogP contribution in [0.15, 0.2) is 18.2 Å². The van der Waals surface area contributed by atoms with Crippen molar-refractivity contribution in [3.05, 3.63) is 23.8 Å². The third kappa shape index (κ3) is 3.42. The summed E-state index contributed by atoms with van der Waals surface area (Å²) in [6.45, 7) is 1.42. The summed E-state index contributed by atoms with van der Waals surface area (Å²) in [5.41, 5.74) is 0.936. The minimum Gasteiger partial charge on any atom is -0.504 e. The molecule has 1 aromatic carbocycles. The highest BCUT2D eigenvalue weighted by atomic mass is 16.5. The van der Waals surface area contributed by atoms with E-state index in [1.807, 2.05) is 0 Å². The van der Waals surface area contributed by atoms with Crippen LogP contribution in [-0.2, 0) is 11.3 Å². The van der Waals surface area contributed by atoms with Crippen molar-refractivity contribution >= 4 is 5.91 Å². The van der Waals surface area contributed by atoms with Crippen LogP contribution in [0, 0.1) is 0 Å². The van der Waals surface area contributed by atoms with Gasteiger partial charge in [-0.05, 0) is 37.1 Å². The van der Waals surface area contributed by atoms with E-state index in [0.717, 1.165) is 31.4 Å². The number of carbonyl (C=O) groups is 1. The van der Waals surface area contributed by atoms with Crippen LogP contribution in [-0.4, -0.2) is 42.7 Å². The van der Waals surface area contributed by atoms with E-state index in [1.165, 1.54) is 7.11 Å². The minimum atomic E-state index is -0.0623. The van der Waals surface area contributed by atoms with Crippen LogP contribution >= 0.6 is 0 Å². The molecule has 2 rings (SSSR count). The molecule has 0 saturated carbocycles. The molecular weight excluding hydrogens is 256 g/mol. The molecule has 1 heterocycles. The van der Waals surface area contributed by atoms with Gasteiger partial charge >= 0.3 is 0 Å². The number of nitrogens with one attached hydrogen (secondary N) is 1. The minimum absolute atomic E-state index is 0.0623. The van der Waals surface area contributed by atoms with Crippen LogP contribution in [0.3, 0.4) is 0 Å². The van der Waals surface area contributed by atoms with Gasteiger partial charge in [0.1, 0.15) is 0 Å². The van der Waals surface area contributed by atoms with Gasteiger partial charge in [-0.25, -0.2) is 0 Å². The summed E-state index contributed by atoms with van der Waals surface area (Å²) in [6.07, 6.45) is 3.15. The lowest BCUT2D eigenvalue weighted by Crippen LogP contribution is -2.46. The number of piperidine rings is 1. The maximum Gasteiger partial charge on any atom is 0.239 e. The summed E-state index contributed by atoms with van der Waals surface area (Å²) in [5.74, 6) is 0.662. The number of phenols is 1. The number of carbonyl (C=O) groups excluding carboxylic acids is 1. The molecule has 1 fully saturated rings. The summed E-state index contributed by atoms with van der Waals surface area (Å²) in [4.78, 5) is 14.0. The summed E-state index contributed by atoms with van der Waals surface area (Å²) in [5, 5.41) is 12.8. The second-order valence-corrected chi connectivity index (χ2v) is 5.20. The number of ether oxygens (including phenoxy) is 1. The Morgan fingerprint density at radius 2 is 2.30 bits per heavy atom. The molecule has 5 nitrogen and oxygen atoms in total. The molecule has 1 aliphatic heterocycles. The molecule has 1 saturated heterocycles. The van der Waals surface area contributed by atoms with E-state index in [9.17, 15) is 9.90 Å². The lowest BCUT2D eigenvalue weighted by atomic mass is 10.0. The summed E-state index contributed by atoms with van der Waals surface area (Å²) >= 11 is 0. The van der Waals surface area contributed by atoms with Gasteiger partial charge in [-0.2, -0.15) is 0 Å². The van der Waals surface area contributed by atoms with Gasteiger partial charge in [-0.15, -0.1) is 0 Å². The van der Waals surface area contributed by atoms with E-state index in [2.05, 4.69) is 5.32 Å². The standard InChI is InChI=1S/C15H22N2O3/c1-17(15(19)12-5-3-4-8-16-12)10-11-6-7-13(18)14(9-11)20-2/h6-7,9,12,16,18H,3-5,8,10H2,1-2H3/t12-/m1/s1. The highest BCUT2D eigenvalue weighted by Crippen LogP contribution is 2.26. The van der Waals surface area contributed by atoms with E-state index < -0.39 is 0 Å². The van der Waals surface area contributed by atoms with Gasteiger partial charge in [0.05, 0.1) is 13.2 Å². The molecule has 2 N–H and O–H groups in total. The topological polar surface area (TPSA) is 61.8 Å². The molecular formula is C15H22N2O3. The molecule has 1 aliphatic rings. The van der Waals surface area contributed by atoms with E-state index in [1.54, 1.807) is 30.1 Å². The Bertz CT molecular complexity index is 470. The first-order chi connectivity index (χ1) is 9.61. The predicted molar refractivity (Wildman–Crippen MR) is 76.8 cm³/mol. The summed E-state index contributed by atoms with van der Waals surface area (Å²) in [6, 6.07) is 5.09. The molecule has 1 amide bonds. The van der Waals surface area contributed by atoms with Crippen LogP contribution in [0.5, 0.6) is 11.5 Å². The van der Waals surface area contributed by atoms with Gasteiger partial charge in [-0.1, -0.05) is 12.5 Å². The first-order valence-corrected chi connectivity index (χ1v) is 6.96. The van der Waals surface area contributed by atoms with Gasteiger partial charge in [-0.3, -0.25) is 4.79 Å². The summed E-state index contributed by atoms with van der Waals surface area (Å²) in [7, 11) is 3.32. The molecule has 0 bridgehead atoms. The zero-order chi connectivity index (χ0) is 14.5. The van der Waals surface area contributed by atoms with Crippen LogP contribution in [0.1, 0.15) is 24.8 Å². The number of rotatable bonds is 4. The smallest absolute Gasteiger partial charge is 0.239 e. The van der Waals surface area contributed by atoms with E-state index in [0.29, 0.717) is 12.3 Å². The van der Waals surface area contributed by atoms with Crippen molar-refractivity contribution in [1.82, 2.24) is 10.2 Å². The predicted octanol–water partition coefficient (Wildman–Crippen LogP) is 1.50. The van der Waals surface area contributed by atoms with Crippen LogP contribution in [0.2, 0.25) is 0 Å². The van der Waals surface area contributed by atoms with E-state index >= 15 is 0 Å². The Balaban J connectivity index is 1.99. The SMILES string of the molecule is COc1cc(CN(C)C(=O)[C@H]2CCCCN2)ccc1O. The van der Waals surface area contributed by atoms with Gasteiger partial charge < -0.3 is 20.1 Å². The molecule has 0 aliphatic carbocycles. The fourth-order valence-electron chi connectivity index (χ4n) is 2.50. The molecule has 110 valence electrons. The number of methoxy groups -OCH3 is 1. The third-order valence-corrected chi connectivity index (χ3v) is 3.65. The maximum absolute atomic E-state index is 12.3. The first kappa shape index (κ1) is 14.7. The van der Waals surface area contributed by atoms with E-state index in [-0.39, 0.29) is 17.7 Å². The lowest BCUT2D eigenvalue weighted by molar-refractivity contribution is -0.133. The van der Waals surface area contributed by atoms with Crippen molar-refractivity contribution in [2.75, 3.05) is 20.7 Å². The Labute approximate surface area is 119 Å². The molecule has 0 aromatic heterocycles. The van der Waals surface area contributed by atoms with Gasteiger partial charge in [0.25, 0.3) is 0 Å². The molecule has 0 spiro atoms. The van der Waals surface area contributed by atoms with Gasteiger partial charge in [0.15, 0.2) is 11.5 Å². The number of phenolic OH excluding ortho intramolecular Hbond substituents is 1. The van der Waals surface area contributed by atoms with Crippen molar-refractivity contribution in [2.24, 2.45) is 0 Å². The quantitative estimate of drug-likeness (QED) is 0.876. The third-order valence-electron chi connectivity index (χ3n) is 3.65.